The molecule has 0 saturated heterocycles. The molecule has 2 amide bonds. The highest BCUT2D eigenvalue weighted by Gasteiger charge is 2.31. The Morgan fingerprint density at radius 3 is 2.45 bits per heavy atom. The summed E-state index contributed by atoms with van der Waals surface area (Å²) >= 11 is 3.01. The van der Waals surface area contributed by atoms with Gasteiger partial charge in [0.05, 0.1) is 17.7 Å². The fourth-order valence-corrected chi connectivity index (χ4v) is 1.82. The Kier molecular flexibility index (Phi) is 5.55. The third kappa shape index (κ3) is 4.52. The first-order chi connectivity index (χ1) is 9.25. The number of hydrogen-bond donors (Lipinski definition) is 2. The van der Waals surface area contributed by atoms with Gasteiger partial charge in [-0.2, -0.15) is 13.2 Å². The molecule has 0 atom stereocenters. The zero-order chi connectivity index (χ0) is 15.3. The number of amides is 2. The molecule has 1 aromatic rings. The molecule has 0 radical (unpaired) electrons. The lowest BCUT2D eigenvalue weighted by molar-refractivity contribution is -0.137. The zero-order valence-electron chi connectivity index (χ0n) is 10.5. The third-order valence-corrected chi connectivity index (χ3v) is 3.01. The van der Waals surface area contributed by atoms with E-state index in [9.17, 15) is 22.8 Å². The molecule has 0 aromatic heterocycles. The molecular weight excluding hydrogens is 341 g/mol. The molecule has 1 rings (SSSR count). The van der Waals surface area contributed by atoms with Gasteiger partial charge in [0.25, 0.3) is 5.91 Å². The number of carbonyl (C=O) groups excluding carboxylic acids is 2. The lowest BCUT2D eigenvalue weighted by atomic mass is 10.1. The Hall–Kier alpha value is -1.57. The molecule has 0 aliphatic heterocycles. The average molecular weight is 353 g/mol. The van der Waals surface area contributed by atoms with E-state index in [4.69, 9.17) is 0 Å². The largest absolute Gasteiger partial charge is 0.416 e. The van der Waals surface area contributed by atoms with Crippen molar-refractivity contribution in [2.75, 3.05) is 13.1 Å². The quantitative estimate of drug-likeness (QED) is 0.873. The van der Waals surface area contributed by atoms with E-state index in [1.54, 1.807) is 6.92 Å². The summed E-state index contributed by atoms with van der Waals surface area (Å²) in [5, 5.41) is 4.71. The molecule has 20 heavy (non-hydrogen) atoms. The lowest BCUT2D eigenvalue weighted by Gasteiger charge is -2.11. The minimum absolute atomic E-state index is 0.177. The van der Waals surface area contributed by atoms with Crippen LogP contribution in [-0.4, -0.2) is 24.9 Å². The van der Waals surface area contributed by atoms with E-state index in [1.165, 1.54) is 0 Å². The van der Waals surface area contributed by atoms with Crippen LogP contribution in [0.4, 0.5) is 13.2 Å². The number of rotatable bonds is 4. The van der Waals surface area contributed by atoms with Gasteiger partial charge < -0.3 is 10.6 Å². The van der Waals surface area contributed by atoms with E-state index in [1.807, 2.05) is 0 Å². The van der Waals surface area contributed by atoms with Crippen LogP contribution < -0.4 is 10.6 Å². The number of carbonyl (C=O) groups is 2. The SMILES string of the molecule is CCNC(=O)CNC(=O)c1cc(C(F)(F)F)ccc1Br. The van der Waals surface area contributed by atoms with Crippen LogP contribution in [-0.2, 0) is 11.0 Å². The number of likely N-dealkylation sites (N-methyl/N-ethyl adjacent to an activating group) is 1. The molecule has 0 spiro atoms. The number of nitrogens with one attached hydrogen (secondary N) is 2. The number of halogens is 4. The van der Waals surface area contributed by atoms with Gasteiger partial charge in [-0.05, 0) is 41.1 Å². The van der Waals surface area contributed by atoms with Crippen molar-refractivity contribution in [1.82, 2.24) is 10.6 Å². The van der Waals surface area contributed by atoms with E-state index in [-0.39, 0.29) is 16.6 Å². The highest BCUT2D eigenvalue weighted by Crippen LogP contribution is 2.31. The second-order valence-electron chi connectivity index (χ2n) is 3.83. The summed E-state index contributed by atoms with van der Waals surface area (Å²) in [5.74, 6) is -1.17. The number of benzene rings is 1. The summed E-state index contributed by atoms with van der Waals surface area (Å²) in [7, 11) is 0. The standard InChI is InChI=1S/C12H12BrF3N2O2/c1-2-17-10(19)6-18-11(20)8-5-7(12(14,15)16)3-4-9(8)13/h3-5H,2,6H2,1H3,(H,17,19)(H,18,20). The van der Waals surface area contributed by atoms with Crippen LogP contribution in [0.1, 0.15) is 22.8 Å². The highest BCUT2D eigenvalue weighted by molar-refractivity contribution is 9.10. The van der Waals surface area contributed by atoms with E-state index in [0.29, 0.717) is 6.54 Å². The molecule has 0 bridgehead atoms. The normalized spacial score (nSPS) is 11.1. The highest BCUT2D eigenvalue weighted by atomic mass is 79.9. The molecule has 0 aliphatic rings. The molecular formula is C12H12BrF3N2O2. The van der Waals surface area contributed by atoms with Gasteiger partial charge in [-0.25, -0.2) is 0 Å². The summed E-state index contributed by atoms with van der Waals surface area (Å²) in [6.07, 6.45) is -4.53. The average Bonchev–Trinajstić information content (AvgIpc) is 2.35. The molecule has 0 unspecified atom stereocenters. The minimum Gasteiger partial charge on any atom is -0.355 e. The first-order valence-corrected chi connectivity index (χ1v) is 6.46. The Labute approximate surface area is 121 Å². The van der Waals surface area contributed by atoms with E-state index >= 15 is 0 Å². The molecule has 0 heterocycles. The Morgan fingerprint density at radius 2 is 1.90 bits per heavy atom. The Bertz CT molecular complexity index is 518. The maximum atomic E-state index is 12.6. The van der Waals surface area contributed by atoms with Gasteiger partial charge in [0.2, 0.25) is 5.91 Å². The van der Waals surface area contributed by atoms with Gasteiger partial charge >= 0.3 is 6.18 Å². The predicted molar refractivity (Wildman–Crippen MR) is 70.2 cm³/mol. The molecule has 4 nitrogen and oxygen atoms in total. The third-order valence-electron chi connectivity index (χ3n) is 2.32. The van der Waals surface area contributed by atoms with Crippen LogP contribution in [0.3, 0.4) is 0 Å². The maximum absolute atomic E-state index is 12.6. The fraction of sp³-hybridized carbons (Fsp3) is 0.333. The number of alkyl halides is 3. The minimum atomic E-state index is -4.53. The van der Waals surface area contributed by atoms with Crippen molar-refractivity contribution in [3.05, 3.63) is 33.8 Å². The van der Waals surface area contributed by atoms with Crippen molar-refractivity contribution in [2.24, 2.45) is 0 Å². The lowest BCUT2D eigenvalue weighted by Crippen LogP contribution is -2.36. The van der Waals surface area contributed by atoms with Gasteiger partial charge in [-0.15, -0.1) is 0 Å². The molecule has 0 aliphatic carbocycles. The first kappa shape index (κ1) is 16.5. The maximum Gasteiger partial charge on any atom is 0.416 e. The van der Waals surface area contributed by atoms with Gasteiger partial charge in [0, 0.05) is 11.0 Å². The second kappa shape index (κ2) is 6.74. The van der Waals surface area contributed by atoms with Crippen LogP contribution in [0.2, 0.25) is 0 Å². The topological polar surface area (TPSA) is 58.2 Å². The molecule has 1 aromatic carbocycles. The van der Waals surface area contributed by atoms with Gasteiger partial charge in [-0.1, -0.05) is 0 Å². The van der Waals surface area contributed by atoms with Crippen LogP contribution in [0.25, 0.3) is 0 Å². The van der Waals surface area contributed by atoms with Crippen molar-refractivity contribution in [3.63, 3.8) is 0 Å². The fourth-order valence-electron chi connectivity index (χ4n) is 1.39. The van der Waals surface area contributed by atoms with Crippen LogP contribution in [0.5, 0.6) is 0 Å². The van der Waals surface area contributed by atoms with Crippen molar-refractivity contribution in [3.8, 4) is 0 Å². The van der Waals surface area contributed by atoms with Crippen molar-refractivity contribution in [2.45, 2.75) is 13.1 Å². The smallest absolute Gasteiger partial charge is 0.355 e. The van der Waals surface area contributed by atoms with Gasteiger partial charge in [0.1, 0.15) is 0 Å². The Morgan fingerprint density at radius 1 is 1.25 bits per heavy atom. The van der Waals surface area contributed by atoms with Crippen molar-refractivity contribution >= 4 is 27.7 Å². The summed E-state index contributed by atoms with van der Waals surface area (Å²) in [5.41, 5.74) is -1.10. The predicted octanol–water partition coefficient (Wildman–Crippen LogP) is 2.33. The van der Waals surface area contributed by atoms with Crippen LogP contribution in [0.15, 0.2) is 22.7 Å². The van der Waals surface area contributed by atoms with Gasteiger partial charge in [0.15, 0.2) is 0 Å². The van der Waals surface area contributed by atoms with Crippen LogP contribution >= 0.6 is 15.9 Å². The van der Waals surface area contributed by atoms with Crippen LogP contribution in [0, 0.1) is 0 Å². The van der Waals surface area contributed by atoms with Crippen molar-refractivity contribution in [1.29, 1.82) is 0 Å². The van der Waals surface area contributed by atoms with E-state index < -0.39 is 23.6 Å². The van der Waals surface area contributed by atoms with Crippen molar-refractivity contribution < 1.29 is 22.8 Å². The second-order valence-corrected chi connectivity index (χ2v) is 4.68. The summed E-state index contributed by atoms with van der Waals surface area (Å²) in [4.78, 5) is 22.9. The van der Waals surface area contributed by atoms with E-state index in [2.05, 4.69) is 26.6 Å². The molecule has 2 N–H and O–H groups in total. The molecule has 0 fully saturated rings. The molecule has 110 valence electrons. The number of hydrogen-bond acceptors (Lipinski definition) is 2. The van der Waals surface area contributed by atoms with Gasteiger partial charge in [-0.3, -0.25) is 9.59 Å². The summed E-state index contributed by atoms with van der Waals surface area (Å²) < 4.78 is 37.9. The monoisotopic (exact) mass is 352 g/mol. The Balaban J connectivity index is 2.85. The zero-order valence-corrected chi connectivity index (χ0v) is 12.1. The summed E-state index contributed by atoms with van der Waals surface area (Å²) in [6.45, 7) is 1.82. The molecule has 8 heteroatoms. The summed E-state index contributed by atoms with van der Waals surface area (Å²) in [6, 6.07) is 2.74. The first-order valence-electron chi connectivity index (χ1n) is 5.67. The molecule has 0 saturated carbocycles. The van der Waals surface area contributed by atoms with E-state index in [0.717, 1.165) is 18.2 Å².